The molecule has 0 fully saturated rings. The number of rotatable bonds is 0. The van der Waals surface area contributed by atoms with E-state index in [1.165, 1.54) is 0 Å². The van der Waals surface area contributed by atoms with Crippen LogP contribution in [-0.4, -0.2) is 0 Å². The number of para-hydroxylation sites is 1. The lowest BCUT2D eigenvalue weighted by atomic mass is 10.3. The van der Waals surface area contributed by atoms with Crippen molar-refractivity contribution < 1.29 is 4.74 Å². The Labute approximate surface area is 92.1 Å². The van der Waals surface area contributed by atoms with Crippen molar-refractivity contribution in [3.8, 4) is 11.5 Å². The van der Waals surface area contributed by atoms with Crippen molar-refractivity contribution in [2.45, 2.75) is 9.79 Å². The first-order valence-corrected chi connectivity index (χ1v) is 5.49. The minimum absolute atomic E-state index is 0.770. The molecule has 1 aliphatic heterocycles. The van der Waals surface area contributed by atoms with Crippen LogP contribution in [0.5, 0.6) is 11.5 Å². The fourth-order valence-electron chi connectivity index (χ4n) is 1.57. The Morgan fingerprint density at radius 3 is 2.67 bits per heavy atom. The second-order valence-electron chi connectivity index (χ2n) is 3.33. The molecule has 2 N–H and O–H groups in total. The van der Waals surface area contributed by atoms with Gasteiger partial charge in [-0.05, 0) is 24.3 Å². The molecule has 15 heavy (non-hydrogen) atoms. The normalized spacial score (nSPS) is 12.5. The summed E-state index contributed by atoms with van der Waals surface area (Å²) in [6.45, 7) is 0. The number of nitrogen functional groups attached to an aromatic ring is 1. The topological polar surface area (TPSA) is 35.2 Å². The second kappa shape index (κ2) is 3.21. The van der Waals surface area contributed by atoms with E-state index in [4.69, 9.17) is 10.5 Å². The third-order valence-electron chi connectivity index (χ3n) is 2.29. The number of anilines is 1. The SMILES string of the molecule is Nc1cccc2c1Sc1ccccc1O2. The summed E-state index contributed by atoms with van der Waals surface area (Å²) in [4.78, 5) is 2.12. The largest absolute Gasteiger partial charge is 0.455 e. The van der Waals surface area contributed by atoms with Crippen LogP contribution >= 0.6 is 11.8 Å². The van der Waals surface area contributed by atoms with Crippen molar-refractivity contribution in [3.63, 3.8) is 0 Å². The van der Waals surface area contributed by atoms with E-state index in [0.717, 1.165) is 27.0 Å². The van der Waals surface area contributed by atoms with Gasteiger partial charge in [0.25, 0.3) is 0 Å². The van der Waals surface area contributed by atoms with E-state index in [0.29, 0.717) is 0 Å². The molecule has 0 amide bonds. The number of ether oxygens (including phenoxy) is 1. The summed E-state index contributed by atoms with van der Waals surface area (Å²) < 4.78 is 5.76. The van der Waals surface area contributed by atoms with E-state index < -0.39 is 0 Å². The summed E-state index contributed by atoms with van der Waals surface area (Å²) in [5, 5.41) is 0. The van der Waals surface area contributed by atoms with Crippen LogP contribution in [0.1, 0.15) is 0 Å². The van der Waals surface area contributed by atoms with Crippen molar-refractivity contribution >= 4 is 17.4 Å². The van der Waals surface area contributed by atoms with Gasteiger partial charge >= 0.3 is 0 Å². The average molecular weight is 215 g/mol. The van der Waals surface area contributed by atoms with E-state index >= 15 is 0 Å². The second-order valence-corrected chi connectivity index (χ2v) is 4.38. The van der Waals surface area contributed by atoms with Crippen LogP contribution < -0.4 is 10.5 Å². The predicted molar refractivity (Wildman–Crippen MR) is 61.5 cm³/mol. The first kappa shape index (κ1) is 8.68. The van der Waals surface area contributed by atoms with Crippen LogP contribution in [0.3, 0.4) is 0 Å². The van der Waals surface area contributed by atoms with Crippen LogP contribution in [0.2, 0.25) is 0 Å². The van der Waals surface area contributed by atoms with Crippen LogP contribution in [0, 0.1) is 0 Å². The van der Waals surface area contributed by atoms with Gasteiger partial charge in [0.05, 0.1) is 9.79 Å². The quantitative estimate of drug-likeness (QED) is 0.583. The van der Waals surface area contributed by atoms with Crippen molar-refractivity contribution in [1.82, 2.24) is 0 Å². The fraction of sp³-hybridized carbons (Fsp3) is 0. The van der Waals surface area contributed by atoms with Gasteiger partial charge in [-0.1, -0.05) is 30.0 Å². The van der Waals surface area contributed by atoms with E-state index in [9.17, 15) is 0 Å². The molecule has 0 atom stereocenters. The van der Waals surface area contributed by atoms with Crippen LogP contribution in [0.15, 0.2) is 52.3 Å². The summed E-state index contributed by atoms with van der Waals surface area (Å²) in [5.41, 5.74) is 6.67. The van der Waals surface area contributed by atoms with Crippen LogP contribution in [0.25, 0.3) is 0 Å². The summed E-state index contributed by atoms with van der Waals surface area (Å²) in [6, 6.07) is 13.7. The van der Waals surface area contributed by atoms with E-state index in [1.807, 2.05) is 42.5 Å². The maximum Gasteiger partial charge on any atom is 0.143 e. The van der Waals surface area contributed by atoms with Gasteiger partial charge in [-0.25, -0.2) is 0 Å². The molecule has 0 aliphatic carbocycles. The minimum atomic E-state index is 0.770. The van der Waals surface area contributed by atoms with E-state index in [2.05, 4.69) is 0 Å². The van der Waals surface area contributed by atoms with Crippen LogP contribution in [0.4, 0.5) is 5.69 Å². The van der Waals surface area contributed by atoms with E-state index in [1.54, 1.807) is 11.8 Å². The van der Waals surface area contributed by atoms with Crippen molar-refractivity contribution in [2.75, 3.05) is 5.73 Å². The molecule has 0 spiro atoms. The van der Waals surface area contributed by atoms with Crippen molar-refractivity contribution in [1.29, 1.82) is 0 Å². The zero-order chi connectivity index (χ0) is 10.3. The molecular formula is C12H9NOS. The Hall–Kier alpha value is -1.61. The monoisotopic (exact) mass is 215 g/mol. The number of hydrogen-bond donors (Lipinski definition) is 1. The van der Waals surface area contributed by atoms with Gasteiger partial charge < -0.3 is 10.5 Å². The molecule has 1 heterocycles. The highest BCUT2D eigenvalue weighted by Crippen LogP contribution is 2.48. The summed E-state index contributed by atoms with van der Waals surface area (Å²) in [6.07, 6.45) is 0. The fourth-order valence-corrected chi connectivity index (χ4v) is 2.54. The van der Waals surface area contributed by atoms with Crippen LogP contribution in [-0.2, 0) is 0 Å². The van der Waals surface area contributed by atoms with Gasteiger partial charge in [0.1, 0.15) is 11.5 Å². The lowest BCUT2D eigenvalue weighted by molar-refractivity contribution is 0.455. The average Bonchev–Trinajstić information content (AvgIpc) is 2.27. The highest BCUT2D eigenvalue weighted by Gasteiger charge is 2.18. The third kappa shape index (κ3) is 1.36. The maximum atomic E-state index is 5.90. The van der Waals surface area contributed by atoms with Gasteiger partial charge in [0.15, 0.2) is 0 Å². The summed E-state index contributed by atoms with van der Waals surface area (Å²) in [5.74, 6) is 1.75. The highest BCUT2D eigenvalue weighted by molar-refractivity contribution is 7.99. The molecule has 0 saturated heterocycles. The summed E-state index contributed by atoms with van der Waals surface area (Å²) in [7, 11) is 0. The molecular weight excluding hydrogens is 206 g/mol. The Bertz CT molecular complexity index is 525. The molecule has 1 aliphatic rings. The van der Waals surface area contributed by atoms with Gasteiger partial charge in [-0.3, -0.25) is 0 Å². The first-order valence-electron chi connectivity index (χ1n) is 4.68. The number of hydrogen-bond acceptors (Lipinski definition) is 3. The molecule has 0 radical (unpaired) electrons. The lowest BCUT2D eigenvalue weighted by Gasteiger charge is -2.20. The Kier molecular flexibility index (Phi) is 1.86. The van der Waals surface area contributed by atoms with Crippen molar-refractivity contribution in [2.24, 2.45) is 0 Å². The molecule has 3 heteroatoms. The smallest absolute Gasteiger partial charge is 0.143 e. The standard InChI is InChI=1S/C12H9NOS/c13-8-4-3-6-10-12(8)15-11-7-2-1-5-9(11)14-10/h1-7H,13H2. The predicted octanol–water partition coefficient (Wildman–Crippen LogP) is 3.53. The van der Waals surface area contributed by atoms with Gasteiger partial charge in [-0.2, -0.15) is 0 Å². The Morgan fingerprint density at radius 1 is 0.933 bits per heavy atom. The summed E-state index contributed by atoms with van der Waals surface area (Å²) >= 11 is 1.66. The maximum absolute atomic E-state index is 5.90. The number of benzene rings is 2. The van der Waals surface area contributed by atoms with Gasteiger partial charge in [0, 0.05) is 5.69 Å². The highest BCUT2D eigenvalue weighted by atomic mass is 32.2. The minimum Gasteiger partial charge on any atom is -0.455 e. The Morgan fingerprint density at radius 2 is 1.73 bits per heavy atom. The first-order chi connectivity index (χ1) is 7.34. The molecule has 74 valence electrons. The zero-order valence-corrected chi connectivity index (χ0v) is 8.75. The molecule has 2 nitrogen and oxygen atoms in total. The molecule has 2 aromatic rings. The number of nitrogens with two attached hydrogens (primary N) is 1. The third-order valence-corrected chi connectivity index (χ3v) is 3.49. The number of fused-ring (bicyclic) bond motifs is 2. The molecule has 0 unspecified atom stereocenters. The van der Waals surface area contributed by atoms with Gasteiger partial charge in [0.2, 0.25) is 0 Å². The molecule has 2 aromatic carbocycles. The molecule has 0 aromatic heterocycles. The van der Waals surface area contributed by atoms with E-state index in [-0.39, 0.29) is 0 Å². The lowest BCUT2D eigenvalue weighted by Crippen LogP contribution is -1.97. The molecule has 0 bridgehead atoms. The molecule has 0 saturated carbocycles. The van der Waals surface area contributed by atoms with Gasteiger partial charge in [-0.15, -0.1) is 0 Å². The van der Waals surface area contributed by atoms with Crippen molar-refractivity contribution in [3.05, 3.63) is 42.5 Å². The molecule has 3 rings (SSSR count). The Balaban J connectivity index is 2.15. The zero-order valence-electron chi connectivity index (χ0n) is 7.94.